The summed E-state index contributed by atoms with van der Waals surface area (Å²) in [6, 6.07) is 5.27. The highest BCUT2D eigenvalue weighted by Crippen LogP contribution is 2.21. The van der Waals surface area contributed by atoms with Gasteiger partial charge in [0.2, 0.25) is 0 Å². The second kappa shape index (κ2) is 2.24. The predicted molar refractivity (Wildman–Crippen MR) is 47.1 cm³/mol. The molecule has 3 nitrogen and oxygen atoms in total. The minimum Gasteiger partial charge on any atom is -0.508 e. The van der Waals surface area contributed by atoms with Crippen molar-refractivity contribution in [2.45, 2.75) is 6.92 Å². The molecule has 1 aromatic heterocycles. The Labute approximate surface area is 70.2 Å². The van der Waals surface area contributed by atoms with E-state index in [1.807, 2.05) is 24.7 Å². The fourth-order valence-electron chi connectivity index (χ4n) is 1.43. The SMILES string of the molecule is Cc1nn(C)c2ccc(O)cc12. The first-order chi connectivity index (χ1) is 5.68. The summed E-state index contributed by atoms with van der Waals surface area (Å²) in [5.74, 6) is 0.290. The van der Waals surface area contributed by atoms with Gasteiger partial charge in [-0.25, -0.2) is 0 Å². The van der Waals surface area contributed by atoms with Crippen LogP contribution in [0.1, 0.15) is 5.69 Å². The number of aromatic nitrogens is 2. The number of benzene rings is 1. The molecule has 0 atom stereocenters. The summed E-state index contributed by atoms with van der Waals surface area (Å²) in [7, 11) is 1.90. The Balaban J connectivity index is 2.90. The van der Waals surface area contributed by atoms with Gasteiger partial charge in [0.1, 0.15) is 5.75 Å². The summed E-state index contributed by atoms with van der Waals surface area (Å²) in [6.07, 6.45) is 0. The second-order valence-corrected chi connectivity index (χ2v) is 2.91. The highest BCUT2D eigenvalue weighted by molar-refractivity contribution is 5.83. The van der Waals surface area contributed by atoms with E-state index in [0.717, 1.165) is 16.6 Å². The Morgan fingerprint density at radius 1 is 1.42 bits per heavy atom. The maximum absolute atomic E-state index is 9.23. The monoisotopic (exact) mass is 162 g/mol. The number of hydrogen-bond acceptors (Lipinski definition) is 2. The minimum absolute atomic E-state index is 0.290. The van der Waals surface area contributed by atoms with Gasteiger partial charge in [0.15, 0.2) is 0 Å². The van der Waals surface area contributed by atoms with Gasteiger partial charge in [0.05, 0.1) is 11.2 Å². The summed E-state index contributed by atoms with van der Waals surface area (Å²) in [6.45, 7) is 1.93. The Morgan fingerprint density at radius 2 is 2.17 bits per heavy atom. The molecule has 0 bridgehead atoms. The number of phenolic OH excluding ortho intramolecular Hbond substituents is 1. The standard InChI is InChI=1S/C9H10N2O/c1-6-8-5-7(12)3-4-9(8)11(2)10-6/h3-5,12H,1-2H3. The summed E-state index contributed by atoms with van der Waals surface area (Å²) < 4.78 is 1.81. The summed E-state index contributed by atoms with van der Waals surface area (Å²) in [4.78, 5) is 0. The molecule has 2 rings (SSSR count). The summed E-state index contributed by atoms with van der Waals surface area (Å²) >= 11 is 0. The number of aryl methyl sites for hydroxylation is 2. The van der Waals surface area contributed by atoms with Crippen LogP contribution in [0.2, 0.25) is 0 Å². The van der Waals surface area contributed by atoms with Gasteiger partial charge in [0.25, 0.3) is 0 Å². The smallest absolute Gasteiger partial charge is 0.116 e. The van der Waals surface area contributed by atoms with Crippen molar-refractivity contribution < 1.29 is 5.11 Å². The van der Waals surface area contributed by atoms with E-state index in [1.165, 1.54) is 0 Å². The van der Waals surface area contributed by atoms with E-state index in [-0.39, 0.29) is 0 Å². The molecule has 1 N–H and O–H groups in total. The highest BCUT2D eigenvalue weighted by atomic mass is 16.3. The van der Waals surface area contributed by atoms with Crippen molar-refractivity contribution in [2.75, 3.05) is 0 Å². The molecule has 0 fully saturated rings. The molecule has 0 saturated heterocycles. The van der Waals surface area contributed by atoms with E-state index in [9.17, 15) is 5.11 Å². The van der Waals surface area contributed by atoms with Crippen LogP contribution in [0.25, 0.3) is 10.9 Å². The molecule has 1 heterocycles. The third kappa shape index (κ3) is 0.863. The zero-order chi connectivity index (χ0) is 8.72. The predicted octanol–water partition coefficient (Wildman–Crippen LogP) is 1.59. The van der Waals surface area contributed by atoms with Crippen molar-refractivity contribution in [3.05, 3.63) is 23.9 Å². The molecule has 3 heteroatoms. The van der Waals surface area contributed by atoms with Crippen molar-refractivity contribution in [3.8, 4) is 5.75 Å². The van der Waals surface area contributed by atoms with E-state index < -0.39 is 0 Å². The molecule has 2 aromatic rings. The molecule has 0 unspecified atom stereocenters. The zero-order valence-electron chi connectivity index (χ0n) is 7.07. The van der Waals surface area contributed by atoms with Crippen molar-refractivity contribution in [1.82, 2.24) is 9.78 Å². The number of hydrogen-bond donors (Lipinski definition) is 1. The molecule has 0 aliphatic heterocycles. The number of nitrogens with zero attached hydrogens (tertiary/aromatic N) is 2. The molecule has 12 heavy (non-hydrogen) atoms. The third-order valence-corrected chi connectivity index (χ3v) is 2.02. The lowest BCUT2D eigenvalue weighted by Crippen LogP contribution is -1.88. The lowest BCUT2D eigenvalue weighted by atomic mass is 10.2. The molecule has 0 aliphatic rings. The zero-order valence-corrected chi connectivity index (χ0v) is 7.07. The quantitative estimate of drug-likeness (QED) is 0.638. The molecule has 0 spiro atoms. The van der Waals surface area contributed by atoms with Gasteiger partial charge in [0, 0.05) is 12.4 Å². The molecule has 0 aliphatic carbocycles. The summed E-state index contributed by atoms with van der Waals surface area (Å²) in [5, 5.41) is 14.5. The maximum atomic E-state index is 9.23. The maximum Gasteiger partial charge on any atom is 0.116 e. The Morgan fingerprint density at radius 3 is 2.92 bits per heavy atom. The van der Waals surface area contributed by atoms with Gasteiger partial charge in [-0.15, -0.1) is 0 Å². The van der Waals surface area contributed by atoms with E-state index in [1.54, 1.807) is 12.1 Å². The average Bonchev–Trinajstić information content (AvgIpc) is 2.28. The Kier molecular flexibility index (Phi) is 1.33. The minimum atomic E-state index is 0.290. The van der Waals surface area contributed by atoms with E-state index in [0.29, 0.717) is 5.75 Å². The molecule has 1 aromatic carbocycles. The molecule has 62 valence electrons. The Bertz CT molecular complexity index is 431. The van der Waals surface area contributed by atoms with Crippen LogP contribution in [0.15, 0.2) is 18.2 Å². The Hall–Kier alpha value is -1.51. The average molecular weight is 162 g/mol. The normalized spacial score (nSPS) is 10.8. The fourth-order valence-corrected chi connectivity index (χ4v) is 1.43. The first-order valence-electron chi connectivity index (χ1n) is 3.81. The van der Waals surface area contributed by atoms with Crippen molar-refractivity contribution in [3.63, 3.8) is 0 Å². The lowest BCUT2D eigenvalue weighted by molar-refractivity contribution is 0.476. The number of aromatic hydroxyl groups is 1. The molecular weight excluding hydrogens is 152 g/mol. The van der Waals surface area contributed by atoms with Crippen molar-refractivity contribution >= 4 is 10.9 Å². The van der Waals surface area contributed by atoms with Crippen LogP contribution in [-0.2, 0) is 7.05 Å². The second-order valence-electron chi connectivity index (χ2n) is 2.91. The lowest BCUT2D eigenvalue weighted by Gasteiger charge is -1.93. The molecule has 0 saturated carbocycles. The fraction of sp³-hybridized carbons (Fsp3) is 0.222. The van der Waals surface area contributed by atoms with Crippen molar-refractivity contribution in [2.24, 2.45) is 7.05 Å². The first-order valence-corrected chi connectivity index (χ1v) is 3.81. The van der Waals surface area contributed by atoms with Gasteiger partial charge < -0.3 is 5.11 Å². The van der Waals surface area contributed by atoms with Crippen molar-refractivity contribution in [1.29, 1.82) is 0 Å². The largest absolute Gasteiger partial charge is 0.508 e. The van der Waals surface area contributed by atoms with Gasteiger partial charge >= 0.3 is 0 Å². The highest BCUT2D eigenvalue weighted by Gasteiger charge is 2.03. The van der Waals surface area contributed by atoms with Gasteiger partial charge in [-0.05, 0) is 25.1 Å². The van der Waals surface area contributed by atoms with E-state index in [2.05, 4.69) is 5.10 Å². The molecular formula is C9H10N2O. The first kappa shape index (κ1) is 7.16. The topological polar surface area (TPSA) is 38.0 Å². The van der Waals surface area contributed by atoms with Crippen LogP contribution in [0, 0.1) is 6.92 Å². The van der Waals surface area contributed by atoms with Crippen LogP contribution in [-0.4, -0.2) is 14.9 Å². The van der Waals surface area contributed by atoms with Crippen LogP contribution in [0.5, 0.6) is 5.75 Å². The van der Waals surface area contributed by atoms with E-state index in [4.69, 9.17) is 0 Å². The van der Waals surface area contributed by atoms with Gasteiger partial charge in [-0.3, -0.25) is 4.68 Å². The van der Waals surface area contributed by atoms with Gasteiger partial charge in [-0.2, -0.15) is 5.10 Å². The van der Waals surface area contributed by atoms with Crippen LogP contribution < -0.4 is 0 Å². The number of fused-ring (bicyclic) bond motifs is 1. The van der Waals surface area contributed by atoms with Crippen LogP contribution >= 0.6 is 0 Å². The van der Waals surface area contributed by atoms with Crippen LogP contribution in [0.4, 0.5) is 0 Å². The van der Waals surface area contributed by atoms with Gasteiger partial charge in [-0.1, -0.05) is 0 Å². The number of rotatable bonds is 0. The summed E-state index contributed by atoms with van der Waals surface area (Å²) in [5.41, 5.74) is 1.99. The molecule has 0 radical (unpaired) electrons. The number of phenols is 1. The van der Waals surface area contributed by atoms with Crippen LogP contribution in [0.3, 0.4) is 0 Å². The third-order valence-electron chi connectivity index (χ3n) is 2.02. The molecule has 0 amide bonds. The van der Waals surface area contributed by atoms with E-state index >= 15 is 0 Å².